The van der Waals surface area contributed by atoms with Crippen molar-refractivity contribution in [3.63, 3.8) is 0 Å². The van der Waals surface area contributed by atoms with Gasteiger partial charge in [-0.25, -0.2) is 22.0 Å². The zero-order valence-electron chi connectivity index (χ0n) is 13.1. The summed E-state index contributed by atoms with van der Waals surface area (Å²) < 4.78 is 72.9. The van der Waals surface area contributed by atoms with Gasteiger partial charge in [-0.3, -0.25) is 0 Å². The van der Waals surface area contributed by atoms with Crippen molar-refractivity contribution in [2.75, 3.05) is 0 Å². The zero-order valence-corrected chi connectivity index (χ0v) is 13.1. The average molecular weight is 372 g/mol. The maximum absolute atomic E-state index is 14.7. The highest BCUT2D eigenvalue weighted by atomic mass is 19.2. The number of halogens is 5. The van der Waals surface area contributed by atoms with Crippen molar-refractivity contribution in [1.82, 2.24) is 0 Å². The van der Waals surface area contributed by atoms with Crippen molar-refractivity contribution in [3.8, 4) is 24.3 Å². The summed E-state index contributed by atoms with van der Waals surface area (Å²) in [7, 11) is 0. The van der Waals surface area contributed by atoms with Gasteiger partial charge in [0.05, 0.1) is 5.22 Å². The van der Waals surface area contributed by atoms with Crippen LogP contribution >= 0.6 is 0 Å². The molecule has 0 saturated heterocycles. The van der Waals surface area contributed by atoms with Crippen LogP contribution < -0.4 is 10.4 Å². The van der Waals surface area contributed by atoms with Crippen LogP contribution in [0.3, 0.4) is 0 Å². The SMILES string of the molecule is C=CC1=c2c(F)c(F)c(=C(C#N)C#N)c(F)c2C(F)C(F)C1=C(C#N)C#N. The maximum atomic E-state index is 14.7. The lowest BCUT2D eigenvalue weighted by Crippen LogP contribution is -2.38. The highest BCUT2D eigenvalue weighted by Gasteiger charge is 2.40. The second-order valence-corrected chi connectivity index (χ2v) is 5.14. The fourth-order valence-corrected chi connectivity index (χ4v) is 2.76. The molecule has 0 spiro atoms. The Bertz CT molecular complexity index is 1170. The number of nitriles is 4. The van der Waals surface area contributed by atoms with Gasteiger partial charge in [0.2, 0.25) is 0 Å². The van der Waals surface area contributed by atoms with Gasteiger partial charge >= 0.3 is 0 Å². The smallest absolute Gasteiger partial charge is 0.171 e. The molecular formula is C18H5F5N4. The molecule has 1 aliphatic carbocycles. The van der Waals surface area contributed by atoms with E-state index < -0.39 is 68.1 Å². The summed E-state index contributed by atoms with van der Waals surface area (Å²) in [6.07, 6.45) is -4.97. The Morgan fingerprint density at radius 1 is 0.815 bits per heavy atom. The monoisotopic (exact) mass is 372 g/mol. The lowest BCUT2D eigenvalue weighted by atomic mass is 9.82. The number of nitrogens with zero attached hydrogens (tertiary/aromatic N) is 4. The minimum absolute atomic E-state index is 0.679. The van der Waals surface area contributed by atoms with Crippen LogP contribution in [0.15, 0.2) is 23.8 Å². The van der Waals surface area contributed by atoms with E-state index in [0.29, 0.717) is 0 Å². The van der Waals surface area contributed by atoms with Crippen LogP contribution in [0.2, 0.25) is 0 Å². The summed E-state index contributed by atoms with van der Waals surface area (Å²) in [5, 5.41) is 32.9. The van der Waals surface area contributed by atoms with Crippen LogP contribution in [-0.2, 0) is 0 Å². The third-order valence-electron chi connectivity index (χ3n) is 3.90. The number of fused-ring (bicyclic) bond motifs is 1. The van der Waals surface area contributed by atoms with E-state index in [-0.39, 0.29) is 0 Å². The zero-order chi connectivity index (χ0) is 20.5. The first kappa shape index (κ1) is 19.4. The second kappa shape index (κ2) is 7.12. The predicted molar refractivity (Wildman–Crippen MR) is 80.8 cm³/mol. The molecular weight excluding hydrogens is 367 g/mol. The first-order valence-corrected chi connectivity index (χ1v) is 7.01. The van der Waals surface area contributed by atoms with Crippen molar-refractivity contribution >= 4 is 11.1 Å². The molecule has 4 nitrogen and oxygen atoms in total. The van der Waals surface area contributed by atoms with E-state index >= 15 is 0 Å². The number of benzene rings is 1. The van der Waals surface area contributed by atoms with Gasteiger partial charge in [-0.15, -0.1) is 0 Å². The third kappa shape index (κ3) is 2.63. The van der Waals surface area contributed by atoms with E-state index in [1.807, 2.05) is 0 Å². The highest BCUT2D eigenvalue weighted by molar-refractivity contribution is 5.81. The molecule has 27 heavy (non-hydrogen) atoms. The minimum Gasteiger partial charge on any atom is -0.239 e. The molecule has 0 aromatic heterocycles. The van der Waals surface area contributed by atoms with Crippen molar-refractivity contribution in [1.29, 1.82) is 21.0 Å². The summed E-state index contributed by atoms with van der Waals surface area (Å²) in [6, 6.07) is 4.92. The van der Waals surface area contributed by atoms with Gasteiger partial charge < -0.3 is 0 Å². The Morgan fingerprint density at radius 3 is 1.78 bits per heavy atom. The molecule has 0 aliphatic heterocycles. The van der Waals surface area contributed by atoms with Crippen LogP contribution in [-0.4, -0.2) is 6.17 Å². The van der Waals surface area contributed by atoms with E-state index in [1.165, 1.54) is 12.1 Å². The lowest BCUT2D eigenvalue weighted by Gasteiger charge is -2.25. The van der Waals surface area contributed by atoms with Crippen LogP contribution in [0.1, 0.15) is 11.7 Å². The summed E-state index contributed by atoms with van der Waals surface area (Å²) in [5.74, 6) is -5.67. The molecule has 0 fully saturated rings. The van der Waals surface area contributed by atoms with E-state index in [0.717, 1.165) is 18.2 Å². The molecule has 1 aromatic rings. The van der Waals surface area contributed by atoms with E-state index in [9.17, 15) is 22.0 Å². The molecule has 9 heteroatoms. The largest absolute Gasteiger partial charge is 0.239 e. The van der Waals surface area contributed by atoms with Gasteiger partial charge in [0, 0.05) is 16.4 Å². The first-order valence-electron chi connectivity index (χ1n) is 7.01. The Balaban J connectivity index is 3.36. The molecule has 2 atom stereocenters. The molecule has 132 valence electrons. The number of rotatable bonds is 1. The lowest BCUT2D eigenvalue weighted by molar-refractivity contribution is 0.191. The Labute approximate surface area is 148 Å². The average Bonchev–Trinajstić information content (AvgIpc) is 2.67. The molecule has 1 aliphatic rings. The predicted octanol–water partition coefficient (Wildman–Crippen LogP) is 2.34. The minimum atomic E-state index is -2.93. The summed E-state index contributed by atoms with van der Waals surface area (Å²) >= 11 is 0. The van der Waals surface area contributed by atoms with Gasteiger partial charge in [0.15, 0.2) is 24.0 Å². The van der Waals surface area contributed by atoms with Gasteiger partial charge in [-0.2, -0.15) is 21.0 Å². The topological polar surface area (TPSA) is 95.2 Å². The number of hydrogen-bond acceptors (Lipinski definition) is 4. The van der Waals surface area contributed by atoms with Crippen molar-refractivity contribution in [3.05, 3.63) is 57.3 Å². The van der Waals surface area contributed by atoms with Gasteiger partial charge in [-0.1, -0.05) is 12.7 Å². The van der Waals surface area contributed by atoms with Gasteiger partial charge in [0.25, 0.3) is 0 Å². The van der Waals surface area contributed by atoms with Gasteiger partial charge in [0.1, 0.15) is 41.2 Å². The molecule has 2 rings (SSSR count). The van der Waals surface area contributed by atoms with Crippen molar-refractivity contribution < 1.29 is 22.0 Å². The summed E-state index contributed by atoms with van der Waals surface area (Å²) in [4.78, 5) is 0. The van der Waals surface area contributed by atoms with Crippen LogP contribution in [0.25, 0.3) is 11.1 Å². The maximum Gasteiger partial charge on any atom is 0.171 e. The first-order chi connectivity index (χ1) is 12.8. The Kier molecular flexibility index (Phi) is 5.11. The van der Waals surface area contributed by atoms with E-state index in [2.05, 4.69) is 6.58 Å². The van der Waals surface area contributed by atoms with Crippen LogP contribution in [0.4, 0.5) is 22.0 Å². The van der Waals surface area contributed by atoms with Crippen molar-refractivity contribution in [2.45, 2.75) is 12.3 Å². The quantitative estimate of drug-likeness (QED) is 0.430. The van der Waals surface area contributed by atoms with E-state index in [1.54, 1.807) is 0 Å². The standard InChI is InChI=1S/C18H5F5N4/c1-2-9-10(7(3-24)4-25)15(20)18(23)13-12(9)17(22)16(21)11(14(13)19)8(5-26)6-27/h2,15,18H,1H2. The van der Waals surface area contributed by atoms with E-state index in [4.69, 9.17) is 21.0 Å². The highest BCUT2D eigenvalue weighted by Crippen LogP contribution is 2.37. The molecule has 0 bridgehead atoms. The van der Waals surface area contributed by atoms with Crippen LogP contribution in [0.5, 0.6) is 0 Å². The third-order valence-corrected chi connectivity index (χ3v) is 3.90. The van der Waals surface area contributed by atoms with Gasteiger partial charge in [-0.05, 0) is 5.57 Å². The second-order valence-electron chi connectivity index (χ2n) is 5.14. The molecule has 0 heterocycles. The normalized spacial score (nSPS) is 17.7. The summed E-state index contributed by atoms with van der Waals surface area (Å²) in [6.45, 7) is 3.23. The molecule has 0 N–H and O–H groups in total. The Hall–Kier alpha value is -3.95. The molecule has 0 saturated carbocycles. The molecule has 0 amide bonds. The fourth-order valence-electron chi connectivity index (χ4n) is 2.76. The Morgan fingerprint density at radius 2 is 1.33 bits per heavy atom. The van der Waals surface area contributed by atoms with Crippen LogP contribution in [0, 0.1) is 62.8 Å². The molecule has 0 radical (unpaired) electrons. The summed E-state index contributed by atoms with van der Waals surface area (Å²) in [5.41, 5.74) is -4.94. The number of allylic oxidation sites excluding steroid dienone is 3. The molecule has 1 aromatic carbocycles. The molecule has 2 unspecified atom stereocenters. The van der Waals surface area contributed by atoms with Crippen molar-refractivity contribution in [2.24, 2.45) is 0 Å². The number of hydrogen-bond donors (Lipinski definition) is 0. The fraction of sp³-hybridized carbons (Fsp3) is 0.111. The number of alkyl halides is 2.